The Morgan fingerprint density at radius 2 is 1.76 bits per heavy atom. The molecule has 0 aromatic carbocycles. The molecule has 1 aliphatic carbocycles. The molecule has 0 bridgehead atoms. The van der Waals surface area contributed by atoms with E-state index in [1.54, 1.807) is 0 Å². The van der Waals surface area contributed by atoms with Gasteiger partial charge in [-0.1, -0.05) is 0 Å². The van der Waals surface area contributed by atoms with Crippen molar-refractivity contribution in [3.05, 3.63) is 0 Å². The van der Waals surface area contributed by atoms with E-state index in [4.69, 9.17) is 15.5 Å². The first kappa shape index (κ1) is 13.1. The van der Waals surface area contributed by atoms with E-state index in [2.05, 4.69) is 19.8 Å². The summed E-state index contributed by atoms with van der Waals surface area (Å²) in [5, 5.41) is 0. The quantitative estimate of drug-likeness (QED) is 0.863. The van der Waals surface area contributed by atoms with Gasteiger partial charge in [-0.25, -0.2) is 0 Å². The highest BCUT2D eigenvalue weighted by atomic mass is 16.5. The van der Waals surface area contributed by atoms with Crippen molar-refractivity contribution in [3.8, 4) is 0 Å². The fourth-order valence-electron chi connectivity index (χ4n) is 3.73. The normalized spacial score (nSPS) is 29.0. The summed E-state index contributed by atoms with van der Waals surface area (Å²) in [4.78, 5) is 17.9. The number of ether oxygens (including phenoxy) is 1. The molecule has 1 aromatic rings. The lowest BCUT2D eigenvalue weighted by molar-refractivity contribution is 0.0250. The third-order valence-corrected chi connectivity index (χ3v) is 4.76. The Hall–Kier alpha value is -1.63. The first-order valence-electron chi connectivity index (χ1n) is 7.96. The van der Waals surface area contributed by atoms with Crippen molar-refractivity contribution in [2.24, 2.45) is 0 Å². The average molecular weight is 290 g/mol. The second-order valence-corrected chi connectivity index (χ2v) is 6.09. The number of rotatable bonds is 2. The van der Waals surface area contributed by atoms with Gasteiger partial charge in [0, 0.05) is 19.6 Å². The van der Waals surface area contributed by atoms with Crippen LogP contribution in [0.4, 0.5) is 17.8 Å². The van der Waals surface area contributed by atoms with Gasteiger partial charge in [-0.15, -0.1) is 0 Å². The number of nitrogens with two attached hydrogens (primary N) is 1. The number of anilines is 3. The van der Waals surface area contributed by atoms with Crippen molar-refractivity contribution < 1.29 is 4.74 Å². The maximum atomic E-state index is 5.92. The van der Waals surface area contributed by atoms with Crippen molar-refractivity contribution in [2.75, 3.05) is 41.8 Å². The number of fused-ring (bicyclic) bond motifs is 1. The van der Waals surface area contributed by atoms with Crippen molar-refractivity contribution in [2.45, 2.75) is 44.2 Å². The monoisotopic (exact) mass is 290 g/mol. The minimum absolute atomic E-state index is 0.322. The van der Waals surface area contributed by atoms with E-state index in [0.29, 0.717) is 18.1 Å². The highest BCUT2D eigenvalue weighted by Crippen LogP contribution is 2.32. The largest absolute Gasteiger partial charge is 0.374 e. The molecule has 114 valence electrons. The molecule has 3 heterocycles. The van der Waals surface area contributed by atoms with Gasteiger partial charge in [-0.3, -0.25) is 0 Å². The van der Waals surface area contributed by atoms with Crippen LogP contribution in [-0.4, -0.2) is 53.3 Å². The summed E-state index contributed by atoms with van der Waals surface area (Å²) in [6, 6.07) is 0.395. The fourth-order valence-corrected chi connectivity index (χ4v) is 3.73. The molecule has 2 N–H and O–H groups in total. The summed E-state index contributed by atoms with van der Waals surface area (Å²) in [5.74, 6) is 1.78. The van der Waals surface area contributed by atoms with Crippen LogP contribution in [0.5, 0.6) is 0 Å². The molecule has 1 saturated carbocycles. The number of nitrogen functional groups attached to an aromatic ring is 1. The van der Waals surface area contributed by atoms with Crippen molar-refractivity contribution in [1.82, 2.24) is 15.0 Å². The summed E-state index contributed by atoms with van der Waals surface area (Å²) in [6.07, 6.45) is 6.22. The maximum absolute atomic E-state index is 5.92. The van der Waals surface area contributed by atoms with E-state index in [1.165, 1.54) is 19.3 Å². The van der Waals surface area contributed by atoms with Crippen LogP contribution in [0.25, 0.3) is 0 Å². The Morgan fingerprint density at radius 3 is 2.62 bits per heavy atom. The molecule has 1 aromatic heterocycles. The molecule has 0 spiro atoms. The minimum Gasteiger partial charge on any atom is -0.374 e. The molecular formula is C14H22N6O. The molecular weight excluding hydrogens is 268 g/mol. The van der Waals surface area contributed by atoms with Gasteiger partial charge in [0.25, 0.3) is 0 Å². The molecule has 0 amide bonds. The summed E-state index contributed by atoms with van der Waals surface area (Å²) < 4.78 is 5.86. The van der Waals surface area contributed by atoms with Crippen LogP contribution in [0.1, 0.15) is 32.1 Å². The van der Waals surface area contributed by atoms with Crippen LogP contribution in [0.3, 0.4) is 0 Å². The lowest BCUT2D eigenvalue weighted by atomic mass is 10.1. The number of aromatic nitrogens is 3. The highest BCUT2D eigenvalue weighted by molar-refractivity contribution is 5.45. The third kappa shape index (κ3) is 2.39. The molecule has 2 aliphatic heterocycles. The van der Waals surface area contributed by atoms with Gasteiger partial charge in [0.1, 0.15) is 0 Å². The van der Waals surface area contributed by atoms with E-state index in [9.17, 15) is 0 Å². The molecule has 21 heavy (non-hydrogen) atoms. The standard InChI is InChI=1S/C14H22N6O/c15-12-16-13(19-6-1-2-7-19)18-14(17-12)20-8-9-21-11-5-3-4-10(11)20/h10-11H,1-9H2,(H2,15,16,17,18). The Bertz CT molecular complexity index is 518. The Balaban J connectivity index is 1.64. The maximum Gasteiger partial charge on any atom is 0.232 e. The second-order valence-electron chi connectivity index (χ2n) is 6.09. The van der Waals surface area contributed by atoms with Crippen molar-refractivity contribution in [3.63, 3.8) is 0 Å². The summed E-state index contributed by atoms with van der Waals surface area (Å²) in [6.45, 7) is 3.60. The molecule has 0 radical (unpaired) electrons. The van der Waals surface area contributed by atoms with E-state index < -0.39 is 0 Å². The zero-order valence-electron chi connectivity index (χ0n) is 12.2. The topological polar surface area (TPSA) is 80.4 Å². The predicted octanol–water partition coefficient (Wildman–Crippen LogP) is 0.812. The van der Waals surface area contributed by atoms with Gasteiger partial charge >= 0.3 is 0 Å². The van der Waals surface area contributed by atoms with Gasteiger partial charge in [0.2, 0.25) is 17.8 Å². The van der Waals surface area contributed by atoms with Crippen LogP contribution in [0, 0.1) is 0 Å². The Kier molecular flexibility index (Phi) is 3.29. The highest BCUT2D eigenvalue weighted by Gasteiger charge is 2.37. The molecule has 7 heteroatoms. The zero-order chi connectivity index (χ0) is 14.2. The summed E-state index contributed by atoms with van der Waals surface area (Å²) >= 11 is 0. The van der Waals surface area contributed by atoms with Gasteiger partial charge < -0.3 is 20.3 Å². The van der Waals surface area contributed by atoms with Gasteiger partial charge in [0.05, 0.1) is 18.8 Å². The molecule has 2 atom stereocenters. The molecule has 3 aliphatic rings. The number of morpholine rings is 1. The lowest BCUT2D eigenvalue weighted by Crippen LogP contribution is -2.49. The minimum atomic E-state index is 0.322. The first-order chi connectivity index (χ1) is 10.3. The van der Waals surface area contributed by atoms with Gasteiger partial charge in [-0.05, 0) is 32.1 Å². The van der Waals surface area contributed by atoms with E-state index in [-0.39, 0.29) is 0 Å². The third-order valence-electron chi connectivity index (χ3n) is 4.76. The zero-order valence-corrected chi connectivity index (χ0v) is 12.2. The van der Waals surface area contributed by atoms with Crippen LogP contribution in [-0.2, 0) is 4.74 Å². The number of hydrogen-bond acceptors (Lipinski definition) is 7. The van der Waals surface area contributed by atoms with Crippen LogP contribution in [0.15, 0.2) is 0 Å². The van der Waals surface area contributed by atoms with Gasteiger partial charge in [-0.2, -0.15) is 15.0 Å². The predicted molar refractivity (Wildman–Crippen MR) is 80.4 cm³/mol. The summed E-state index contributed by atoms with van der Waals surface area (Å²) in [5.41, 5.74) is 5.92. The second kappa shape index (κ2) is 5.29. The lowest BCUT2D eigenvalue weighted by Gasteiger charge is -2.37. The molecule has 3 fully saturated rings. The number of hydrogen-bond donors (Lipinski definition) is 1. The fraction of sp³-hybridized carbons (Fsp3) is 0.786. The van der Waals surface area contributed by atoms with Crippen LogP contribution < -0.4 is 15.5 Å². The van der Waals surface area contributed by atoms with Crippen LogP contribution >= 0.6 is 0 Å². The molecule has 7 nitrogen and oxygen atoms in total. The SMILES string of the molecule is Nc1nc(N2CCCC2)nc(N2CCOC3CCCC32)n1. The first-order valence-corrected chi connectivity index (χ1v) is 7.96. The molecule has 2 saturated heterocycles. The Labute approximate surface area is 124 Å². The summed E-state index contributed by atoms with van der Waals surface area (Å²) in [7, 11) is 0. The molecule has 4 rings (SSSR count). The van der Waals surface area contributed by atoms with E-state index in [1.807, 2.05) is 0 Å². The van der Waals surface area contributed by atoms with Crippen molar-refractivity contribution in [1.29, 1.82) is 0 Å². The van der Waals surface area contributed by atoms with Crippen LogP contribution in [0.2, 0.25) is 0 Å². The molecule has 2 unspecified atom stereocenters. The smallest absolute Gasteiger partial charge is 0.232 e. The van der Waals surface area contributed by atoms with E-state index >= 15 is 0 Å². The Morgan fingerprint density at radius 1 is 0.952 bits per heavy atom. The van der Waals surface area contributed by atoms with Gasteiger partial charge in [0.15, 0.2) is 0 Å². The number of nitrogens with zero attached hydrogens (tertiary/aromatic N) is 5. The average Bonchev–Trinajstić information content (AvgIpc) is 3.17. The van der Waals surface area contributed by atoms with Crippen molar-refractivity contribution >= 4 is 17.8 Å². The van der Waals surface area contributed by atoms with E-state index in [0.717, 1.165) is 51.0 Å².